The first-order chi connectivity index (χ1) is 9.70. The molecule has 1 aliphatic rings. The zero-order valence-corrected chi connectivity index (χ0v) is 13.2. The van der Waals surface area contributed by atoms with Gasteiger partial charge in [-0.1, -0.05) is 0 Å². The summed E-state index contributed by atoms with van der Waals surface area (Å²) in [6.45, 7) is 2.38. The van der Waals surface area contributed by atoms with Crippen LogP contribution in [0.1, 0.15) is 25.7 Å². The van der Waals surface area contributed by atoms with Crippen molar-refractivity contribution in [2.45, 2.75) is 25.7 Å². The molecule has 110 valence electrons. The summed E-state index contributed by atoms with van der Waals surface area (Å²) in [7, 11) is 1.77. The van der Waals surface area contributed by atoms with Crippen molar-refractivity contribution in [3.05, 3.63) is 10.7 Å². The summed E-state index contributed by atoms with van der Waals surface area (Å²) in [6.07, 6.45) is 5.67. The first-order valence-corrected chi connectivity index (χ1v) is 7.72. The Morgan fingerprint density at radius 3 is 2.85 bits per heavy atom. The van der Waals surface area contributed by atoms with Crippen LogP contribution in [0, 0.1) is 0 Å². The number of nitrogens with zero attached hydrogens (tertiary/aromatic N) is 3. The van der Waals surface area contributed by atoms with Gasteiger partial charge in [0.15, 0.2) is 0 Å². The Kier molecular flexibility index (Phi) is 5.58. The fraction of sp³-hybridized carbons (Fsp3) is 0.615. The maximum absolute atomic E-state index is 12.0. The summed E-state index contributed by atoms with van der Waals surface area (Å²) in [6, 6.07) is 0. The second-order valence-corrected chi connectivity index (χ2v) is 5.61. The molecule has 1 aromatic rings. The third-order valence-corrected chi connectivity index (χ3v) is 3.89. The van der Waals surface area contributed by atoms with E-state index < -0.39 is 0 Å². The standard InChI is InChI=1S/C13H20BrN5O/c1-15-13-17-9-10(14)12(18-13)16-6-5-11(20)19-7-3-2-4-8-19/h9H,2-8H2,1H3,(H2,15,16,17,18). The van der Waals surface area contributed by atoms with Crippen molar-refractivity contribution in [3.8, 4) is 0 Å². The first-order valence-electron chi connectivity index (χ1n) is 6.92. The van der Waals surface area contributed by atoms with Gasteiger partial charge < -0.3 is 15.5 Å². The largest absolute Gasteiger partial charge is 0.368 e. The van der Waals surface area contributed by atoms with Crippen molar-refractivity contribution in [1.29, 1.82) is 0 Å². The molecule has 0 saturated carbocycles. The quantitative estimate of drug-likeness (QED) is 0.858. The predicted octanol–water partition coefficient (Wildman–Crippen LogP) is 2.10. The topological polar surface area (TPSA) is 70.2 Å². The zero-order valence-electron chi connectivity index (χ0n) is 11.7. The molecular formula is C13H20BrN5O. The molecule has 0 unspecified atom stereocenters. The van der Waals surface area contributed by atoms with Crippen molar-refractivity contribution in [2.75, 3.05) is 37.3 Å². The average molecular weight is 342 g/mol. The molecule has 0 radical (unpaired) electrons. The van der Waals surface area contributed by atoms with Crippen molar-refractivity contribution in [3.63, 3.8) is 0 Å². The van der Waals surface area contributed by atoms with Gasteiger partial charge in [0.2, 0.25) is 11.9 Å². The van der Waals surface area contributed by atoms with Crippen molar-refractivity contribution in [1.82, 2.24) is 14.9 Å². The Balaban J connectivity index is 1.81. The van der Waals surface area contributed by atoms with E-state index in [1.165, 1.54) is 6.42 Å². The van der Waals surface area contributed by atoms with E-state index in [0.717, 1.165) is 30.4 Å². The van der Waals surface area contributed by atoms with E-state index in [4.69, 9.17) is 0 Å². The molecule has 0 atom stereocenters. The van der Waals surface area contributed by atoms with Crippen LogP contribution >= 0.6 is 15.9 Å². The number of aromatic nitrogens is 2. The van der Waals surface area contributed by atoms with Crippen LogP contribution in [0.2, 0.25) is 0 Å². The van der Waals surface area contributed by atoms with Crippen LogP contribution in [0.3, 0.4) is 0 Å². The van der Waals surface area contributed by atoms with Gasteiger partial charge in [-0.2, -0.15) is 4.98 Å². The minimum absolute atomic E-state index is 0.219. The van der Waals surface area contributed by atoms with Crippen LogP contribution in [0.4, 0.5) is 11.8 Å². The number of piperidine rings is 1. The Hall–Kier alpha value is -1.37. The molecule has 0 bridgehead atoms. The Labute approximate surface area is 127 Å². The molecule has 1 amide bonds. The van der Waals surface area contributed by atoms with Crippen LogP contribution in [-0.2, 0) is 4.79 Å². The highest BCUT2D eigenvalue weighted by molar-refractivity contribution is 9.10. The van der Waals surface area contributed by atoms with Gasteiger partial charge in [0.1, 0.15) is 5.82 Å². The average Bonchev–Trinajstić information content (AvgIpc) is 2.50. The lowest BCUT2D eigenvalue weighted by atomic mass is 10.1. The maximum atomic E-state index is 12.0. The van der Waals surface area contributed by atoms with Gasteiger partial charge in [0.25, 0.3) is 0 Å². The van der Waals surface area contributed by atoms with E-state index in [9.17, 15) is 4.79 Å². The van der Waals surface area contributed by atoms with Gasteiger partial charge in [-0.25, -0.2) is 4.98 Å². The molecule has 0 spiro atoms. The minimum atomic E-state index is 0.219. The van der Waals surface area contributed by atoms with Gasteiger partial charge in [-0.15, -0.1) is 0 Å². The molecule has 2 N–H and O–H groups in total. The second kappa shape index (κ2) is 7.42. The number of nitrogens with one attached hydrogen (secondary N) is 2. The van der Waals surface area contributed by atoms with Gasteiger partial charge in [-0.05, 0) is 35.2 Å². The van der Waals surface area contributed by atoms with Crippen LogP contribution in [0.25, 0.3) is 0 Å². The molecule has 7 heteroatoms. The second-order valence-electron chi connectivity index (χ2n) is 4.76. The Bertz CT molecular complexity index is 462. The van der Waals surface area contributed by atoms with E-state index in [1.54, 1.807) is 13.2 Å². The molecule has 2 rings (SSSR count). The van der Waals surface area contributed by atoms with Gasteiger partial charge in [0, 0.05) is 39.3 Å². The number of likely N-dealkylation sites (tertiary alicyclic amines) is 1. The zero-order chi connectivity index (χ0) is 14.4. The molecule has 1 fully saturated rings. The number of anilines is 2. The first kappa shape index (κ1) is 15.0. The number of carbonyl (C=O) groups is 1. The number of halogens is 1. The Morgan fingerprint density at radius 1 is 1.40 bits per heavy atom. The molecule has 6 nitrogen and oxygen atoms in total. The molecular weight excluding hydrogens is 322 g/mol. The summed E-state index contributed by atoms with van der Waals surface area (Å²) < 4.78 is 0.793. The van der Waals surface area contributed by atoms with Crippen molar-refractivity contribution < 1.29 is 4.79 Å². The minimum Gasteiger partial charge on any atom is -0.368 e. The highest BCUT2D eigenvalue weighted by Gasteiger charge is 2.16. The SMILES string of the molecule is CNc1ncc(Br)c(NCCC(=O)N2CCCCC2)n1. The molecule has 1 saturated heterocycles. The summed E-state index contributed by atoms with van der Waals surface area (Å²) >= 11 is 3.39. The van der Waals surface area contributed by atoms with E-state index >= 15 is 0 Å². The lowest BCUT2D eigenvalue weighted by Crippen LogP contribution is -2.36. The van der Waals surface area contributed by atoms with E-state index in [1.807, 2.05) is 4.90 Å². The molecule has 0 aliphatic carbocycles. The summed E-state index contributed by atoms with van der Waals surface area (Å²) in [5.41, 5.74) is 0. The number of hydrogen-bond acceptors (Lipinski definition) is 5. The molecule has 0 aromatic carbocycles. The maximum Gasteiger partial charge on any atom is 0.224 e. The normalized spacial score (nSPS) is 15.0. The predicted molar refractivity (Wildman–Crippen MR) is 82.8 cm³/mol. The third kappa shape index (κ3) is 4.06. The van der Waals surface area contributed by atoms with Gasteiger partial charge >= 0.3 is 0 Å². The Morgan fingerprint density at radius 2 is 2.15 bits per heavy atom. The summed E-state index contributed by atoms with van der Waals surface area (Å²) in [5.74, 6) is 1.48. The number of rotatable bonds is 5. The molecule has 1 aromatic heterocycles. The molecule has 20 heavy (non-hydrogen) atoms. The van der Waals surface area contributed by atoms with E-state index in [-0.39, 0.29) is 5.91 Å². The van der Waals surface area contributed by atoms with Crippen LogP contribution < -0.4 is 10.6 Å². The van der Waals surface area contributed by atoms with Crippen molar-refractivity contribution in [2.24, 2.45) is 0 Å². The summed E-state index contributed by atoms with van der Waals surface area (Å²) in [4.78, 5) is 22.4. The van der Waals surface area contributed by atoms with Gasteiger partial charge in [0.05, 0.1) is 4.47 Å². The smallest absolute Gasteiger partial charge is 0.224 e. The van der Waals surface area contributed by atoms with Gasteiger partial charge in [-0.3, -0.25) is 4.79 Å². The number of amides is 1. The number of hydrogen-bond donors (Lipinski definition) is 2. The third-order valence-electron chi connectivity index (χ3n) is 3.31. The van der Waals surface area contributed by atoms with E-state index in [0.29, 0.717) is 24.7 Å². The monoisotopic (exact) mass is 341 g/mol. The van der Waals surface area contributed by atoms with Crippen LogP contribution in [0.15, 0.2) is 10.7 Å². The summed E-state index contributed by atoms with van der Waals surface area (Å²) in [5, 5.41) is 6.06. The van der Waals surface area contributed by atoms with Crippen molar-refractivity contribution >= 4 is 33.6 Å². The highest BCUT2D eigenvalue weighted by Crippen LogP contribution is 2.20. The molecule has 2 heterocycles. The van der Waals surface area contributed by atoms with Crippen LogP contribution in [-0.4, -0.2) is 47.5 Å². The van der Waals surface area contributed by atoms with Crippen LogP contribution in [0.5, 0.6) is 0 Å². The highest BCUT2D eigenvalue weighted by atomic mass is 79.9. The fourth-order valence-electron chi connectivity index (χ4n) is 2.20. The van der Waals surface area contributed by atoms with E-state index in [2.05, 4.69) is 36.5 Å². The lowest BCUT2D eigenvalue weighted by molar-refractivity contribution is -0.131. The fourth-order valence-corrected chi connectivity index (χ4v) is 2.53. The lowest BCUT2D eigenvalue weighted by Gasteiger charge is -2.26. The molecule has 1 aliphatic heterocycles. The number of carbonyl (C=O) groups excluding carboxylic acids is 1.